The van der Waals surface area contributed by atoms with E-state index in [0.29, 0.717) is 28.9 Å². The lowest BCUT2D eigenvalue weighted by Gasteiger charge is -2.08. The first-order valence-electron chi connectivity index (χ1n) is 7.66. The quantitative estimate of drug-likeness (QED) is 0.650. The van der Waals surface area contributed by atoms with Crippen LogP contribution in [0.25, 0.3) is 0 Å². The number of nitrogens with one attached hydrogen (secondary N) is 2. The van der Waals surface area contributed by atoms with Crippen molar-refractivity contribution in [1.82, 2.24) is 15.2 Å². The van der Waals surface area contributed by atoms with E-state index in [1.165, 1.54) is 6.92 Å². The number of rotatable bonds is 6. The summed E-state index contributed by atoms with van der Waals surface area (Å²) in [7, 11) is 0. The van der Waals surface area contributed by atoms with Crippen LogP contribution in [-0.4, -0.2) is 21.0 Å². The van der Waals surface area contributed by atoms with Crippen LogP contribution in [0, 0.1) is 0 Å². The minimum Gasteiger partial charge on any atom is -0.365 e. The summed E-state index contributed by atoms with van der Waals surface area (Å²) in [6.07, 6.45) is 1.55. The van der Waals surface area contributed by atoms with E-state index in [1.807, 2.05) is 30.3 Å². The van der Waals surface area contributed by atoms with Gasteiger partial charge in [-0.15, -0.1) is 5.10 Å². The highest BCUT2D eigenvalue weighted by molar-refractivity contribution is 6.30. The van der Waals surface area contributed by atoms with E-state index in [0.717, 1.165) is 11.3 Å². The van der Waals surface area contributed by atoms with Crippen molar-refractivity contribution in [1.29, 1.82) is 0 Å². The normalized spacial score (nSPS) is 10.3. The van der Waals surface area contributed by atoms with Gasteiger partial charge in [-0.2, -0.15) is 10.1 Å². The molecule has 0 aliphatic carbocycles. The maximum Gasteiger partial charge on any atom is 0.249 e. The molecule has 0 spiro atoms. The molecule has 0 radical (unpaired) electrons. The second-order valence-corrected chi connectivity index (χ2v) is 5.84. The van der Waals surface area contributed by atoms with Gasteiger partial charge in [-0.25, -0.2) is 0 Å². The molecule has 0 saturated heterocycles. The number of ketones is 1. The first-order valence-corrected chi connectivity index (χ1v) is 8.04. The zero-order valence-corrected chi connectivity index (χ0v) is 14.3. The van der Waals surface area contributed by atoms with Crippen molar-refractivity contribution in [2.75, 3.05) is 10.6 Å². The highest BCUT2D eigenvalue weighted by Gasteiger charge is 2.04. The largest absolute Gasteiger partial charge is 0.365 e. The average molecular weight is 354 g/mol. The maximum atomic E-state index is 11.5. The van der Waals surface area contributed by atoms with Crippen molar-refractivity contribution < 1.29 is 4.79 Å². The average Bonchev–Trinajstić information content (AvgIpc) is 2.62. The summed E-state index contributed by atoms with van der Waals surface area (Å²) < 4.78 is 0. The van der Waals surface area contributed by atoms with Gasteiger partial charge < -0.3 is 10.6 Å². The van der Waals surface area contributed by atoms with Gasteiger partial charge in [0.1, 0.15) is 0 Å². The van der Waals surface area contributed by atoms with E-state index in [9.17, 15) is 4.79 Å². The van der Waals surface area contributed by atoms with Crippen LogP contribution in [0.1, 0.15) is 22.8 Å². The molecule has 0 atom stereocenters. The lowest BCUT2D eigenvalue weighted by atomic mass is 10.1. The van der Waals surface area contributed by atoms with Crippen molar-refractivity contribution >= 4 is 34.8 Å². The molecule has 0 fully saturated rings. The minimum atomic E-state index is 0.000996. The summed E-state index contributed by atoms with van der Waals surface area (Å²) >= 11 is 5.88. The predicted octanol–water partition coefficient (Wildman–Crippen LogP) is 4.08. The number of halogens is 1. The fraction of sp³-hybridized carbons (Fsp3) is 0.111. The van der Waals surface area contributed by atoms with Gasteiger partial charge in [0.2, 0.25) is 5.95 Å². The standard InChI is InChI=1S/C18H16ClN5O/c1-12(25)14-3-2-4-16(9-14)22-18-23-17(11-21-24-18)20-10-13-5-7-15(19)8-6-13/h2-9,11H,10H2,1H3,(H2,20,22,23,24). The molecule has 0 aliphatic heterocycles. The van der Waals surface area contributed by atoms with E-state index in [2.05, 4.69) is 25.8 Å². The van der Waals surface area contributed by atoms with Crippen molar-refractivity contribution in [2.24, 2.45) is 0 Å². The molecule has 2 N–H and O–H groups in total. The molecule has 1 aromatic heterocycles. The number of carbonyl (C=O) groups excluding carboxylic acids is 1. The molecule has 3 rings (SSSR count). The van der Waals surface area contributed by atoms with E-state index >= 15 is 0 Å². The second-order valence-electron chi connectivity index (χ2n) is 5.41. The van der Waals surface area contributed by atoms with Crippen molar-refractivity contribution in [2.45, 2.75) is 13.5 Å². The van der Waals surface area contributed by atoms with Crippen molar-refractivity contribution in [3.8, 4) is 0 Å². The maximum absolute atomic E-state index is 11.5. The van der Waals surface area contributed by atoms with Gasteiger partial charge in [-0.05, 0) is 36.8 Å². The lowest BCUT2D eigenvalue weighted by Crippen LogP contribution is -2.06. The van der Waals surface area contributed by atoms with Gasteiger partial charge in [0, 0.05) is 22.8 Å². The van der Waals surface area contributed by atoms with Gasteiger partial charge in [0.15, 0.2) is 11.6 Å². The molecule has 0 unspecified atom stereocenters. The number of aromatic nitrogens is 3. The molecule has 0 bridgehead atoms. The second kappa shape index (κ2) is 7.72. The molecule has 25 heavy (non-hydrogen) atoms. The topological polar surface area (TPSA) is 79.8 Å². The zero-order valence-electron chi connectivity index (χ0n) is 13.5. The van der Waals surface area contributed by atoms with Gasteiger partial charge >= 0.3 is 0 Å². The Morgan fingerprint density at radius 2 is 1.96 bits per heavy atom. The molecule has 0 aliphatic rings. The van der Waals surface area contributed by atoms with Crippen LogP contribution < -0.4 is 10.6 Å². The third-order valence-electron chi connectivity index (χ3n) is 3.47. The highest BCUT2D eigenvalue weighted by atomic mass is 35.5. The number of anilines is 3. The first kappa shape index (κ1) is 16.9. The number of hydrogen-bond donors (Lipinski definition) is 2. The Kier molecular flexibility index (Phi) is 5.20. The molecule has 0 amide bonds. The fourth-order valence-electron chi connectivity index (χ4n) is 2.18. The Labute approximate surface area is 150 Å². The molecular weight excluding hydrogens is 338 g/mol. The summed E-state index contributed by atoms with van der Waals surface area (Å²) in [5, 5.41) is 14.8. The van der Waals surface area contributed by atoms with Crippen LogP contribution in [0.5, 0.6) is 0 Å². The van der Waals surface area contributed by atoms with Gasteiger partial charge in [-0.3, -0.25) is 4.79 Å². The van der Waals surface area contributed by atoms with Gasteiger partial charge in [-0.1, -0.05) is 35.9 Å². The van der Waals surface area contributed by atoms with E-state index in [4.69, 9.17) is 11.6 Å². The molecular formula is C18H16ClN5O. The summed E-state index contributed by atoms with van der Waals surface area (Å²) in [6, 6.07) is 14.7. The van der Waals surface area contributed by atoms with Crippen LogP contribution in [0.2, 0.25) is 5.02 Å². The molecule has 126 valence electrons. The van der Waals surface area contributed by atoms with Gasteiger partial charge in [0.05, 0.1) is 6.20 Å². The van der Waals surface area contributed by atoms with Crippen LogP contribution in [0.4, 0.5) is 17.5 Å². The Morgan fingerprint density at radius 1 is 1.16 bits per heavy atom. The van der Waals surface area contributed by atoms with Crippen LogP contribution in [0.3, 0.4) is 0 Å². The summed E-state index contributed by atoms with van der Waals surface area (Å²) in [5.41, 5.74) is 2.42. The summed E-state index contributed by atoms with van der Waals surface area (Å²) in [5.74, 6) is 0.943. The lowest BCUT2D eigenvalue weighted by molar-refractivity contribution is 0.101. The van der Waals surface area contributed by atoms with Crippen LogP contribution in [-0.2, 0) is 6.54 Å². The Hall–Kier alpha value is -2.99. The summed E-state index contributed by atoms with van der Waals surface area (Å²) in [4.78, 5) is 15.8. The molecule has 1 heterocycles. The number of carbonyl (C=O) groups is 1. The third kappa shape index (κ3) is 4.74. The van der Waals surface area contributed by atoms with Gasteiger partial charge in [0.25, 0.3) is 0 Å². The Balaban J connectivity index is 1.68. The number of benzene rings is 2. The number of nitrogens with zero attached hydrogens (tertiary/aromatic N) is 3. The van der Waals surface area contributed by atoms with Crippen LogP contribution >= 0.6 is 11.6 Å². The van der Waals surface area contributed by atoms with E-state index in [-0.39, 0.29) is 5.78 Å². The molecule has 7 heteroatoms. The SMILES string of the molecule is CC(=O)c1cccc(Nc2nncc(NCc3ccc(Cl)cc3)n2)c1. The molecule has 0 saturated carbocycles. The minimum absolute atomic E-state index is 0.000996. The monoisotopic (exact) mass is 353 g/mol. The fourth-order valence-corrected chi connectivity index (χ4v) is 2.31. The Bertz CT molecular complexity index is 883. The smallest absolute Gasteiger partial charge is 0.249 e. The van der Waals surface area contributed by atoms with E-state index < -0.39 is 0 Å². The molecule has 2 aromatic carbocycles. The summed E-state index contributed by atoms with van der Waals surface area (Å²) in [6.45, 7) is 2.12. The van der Waals surface area contributed by atoms with Crippen molar-refractivity contribution in [3.63, 3.8) is 0 Å². The Morgan fingerprint density at radius 3 is 2.72 bits per heavy atom. The zero-order chi connectivity index (χ0) is 17.6. The predicted molar refractivity (Wildman–Crippen MR) is 98.3 cm³/mol. The first-order chi connectivity index (χ1) is 12.1. The highest BCUT2D eigenvalue weighted by Crippen LogP contribution is 2.16. The third-order valence-corrected chi connectivity index (χ3v) is 3.72. The van der Waals surface area contributed by atoms with E-state index in [1.54, 1.807) is 24.4 Å². The van der Waals surface area contributed by atoms with Crippen molar-refractivity contribution in [3.05, 3.63) is 70.9 Å². The number of hydrogen-bond acceptors (Lipinski definition) is 6. The van der Waals surface area contributed by atoms with Crippen LogP contribution in [0.15, 0.2) is 54.7 Å². The number of Topliss-reactive ketones (excluding diaryl/α,β-unsaturated/α-hetero) is 1. The molecule has 6 nitrogen and oxygen atoms in total. The molecule has 3 aromatic rings.